The standard InChI is InChI=1S/C20H16Cl2N4O3/c1-29-12-7-5-11(6-8-12)13-10-23-26-16(9-17(27)25-19(13)26)20(28)24-15-4-2-3-14(21)18(15)22/h2-8,10,16H,9H2,1H3,(H,24,28)(H,25,27). The summed E-state index contributed by atoms with van der Waals surface area (Å²) in [7, 11) is 1.59. The summed E-state index contributed by atoms with van der Waals surface area (Å²) in [5.74, 6) is 0.498. The first kappa shape index (κ1) is 19.3. The van der Waals surface area contributed by atoms with Crippen LogP contribution in [0.1, 0.15) is 12.5 Å². The maximum Gasteiger partial charge on any atom is 0.249 e. The molecule has 4 rings (SSSR count). The van der Waals surface area contributed by atoms with Gasteiger partial charge in [-0.15, -0.1) is 0 Å². The van der Waals surface area contributed by atoms with Crippen molar-refractivity contribution in [3.8, 4) is 16.9 Å². The lowest BCUT2D eigenvalue weighted by Crippen LogP contribution is -2.35. The van der Waals surface area contributed by atoms with Crippen molar-refractivity contribution >= 4 is 46.5 Å². The molecule has 29 heavy (non-hydrogen) atoms. The molecule has 3 aromatic rings. The van der Waals surface area contributed by atoms with Crippen LogP contribution in [0.5, 0.6) is 5.75 Å². The van der Waals surface area contributed by atoms with Crippen molar-refractivity contribution in [2.45, 2.75) is 12.5 Å². The highest BCUT2D eigenvalue weighted by molar-refractivity contribution is 6.44. The molecule has 2 N–H and O–H groups in total. The van der Waals surface area contributed by atoms with Crippen LogP contribution in [0.4, 0.5) is 11.5 Å². The average molecular weight is 431 g/mol. The first-order chi connectivity index (χ1) is 14.0. The number of hydrogen-bond acceptors (Lipinski definition) is 4. The van der Waals surface area contributed by atoms with E-state index in [1.165, 1.54) is 4.68 Å². The summed E-state index contributed by atoms with van der Waals surface area (Å²) >= 11 is 12.2. The number of anilines is 2. The minimum Gasteiger partial charge on any atom is -0.497 e. The molecule has 0 bridgehead atoms. The van der Waals surface area contributed by atoms with Gasteiger partial charge in [0.15, 0.2) is 0 Å². The van der Waals surface area contributed by atoms with Gasteiger partial charge >= 0.3 is 0 Å². The maximum atomic E-state index is 12.9. The molecule has 9 heteroatoms. The molecule has 2 amide bonds. The van der Waals surface area contributed by atoms with Gasteiger partial charge < -0.3 is 15.4 Å². The third kappa shape index (κ3) is 3.66. The van der Waals surface area contributed by atoms with Crippen LogP contribution in [-0.4, -0.2) is 28.7 Å². The number of hydrogen-bond donors (Lipinski definition) is 2. The van der Waals surface area contributed by atoms with Gasteiger partial charge in [0.05, 0.1) is 35.5 Å². The molecule has 7 nitrogen and oxygen atoms in total. The predicted molar refractivity (Wildman–Crippen MR) is 112 cm³/mol. The van der Waals surface area contributed by atoms with Crippen LogP contribution in [0.2, 0.25) is 10.0 Å². The van der Waals surface area contributed by atoms with Gasteiger partial charge in [-0.25, -0.2) is 4.68 Å². The quantitative estimate of drug-likeness (QED) is 0.642. The van der Waals surface area contributed by atoms with Crippen LogP contribution >= 0.6 is 23.2 Å². The van der Waals surface area contributed by atoms with Crippen molar-refractivity contribution in [2.24, 2.45) is 0 Å². The number of carbonyl (C=O) groups is 2. The number of nitrogens with zero attached hydrogens (tertiary/aromatic N) is 2. The maximum absolute atomic E-state index is 12.9. The summed E-state index contributed by atoms with van der Waals surface area (Å²) in [6, 6.07) is 11.5. The molecule has 2 aromatic carbocycles. The molecule has 1 unspecified atom stereocenters. The molecule has 1 aliphatic heterocycles. The zero-order valence-electron chi connectivity index (χ0n) is 15.3. The Balaban J connectivity index is 1.66. The summed E-state index contributed by atoms with van der Waals surface area (Å²) in [5, 5.41) is 10.5. The summed E-state index contributed by atoms with van der Waals surface area (Å²) < 4.78 is 6.68. The summed E-state index contributed by atoms with van der Waals surface area (Å²) in [6.45, 7) is 0. The average Bonchev–Trinajstić information content (AvgIpc) is 3.14. The molecule has 0 saturated carbocycles. The zero-order chi connectivity index (χ0) is 20.5. The van der Waals surface area contributed by atoms with Crippen molar-refractivity contribution in [2.75, 3.05) is 17.7 Å². The molecular weight excluding hydrogens is 415 g/mol. The van der Waals surface area contributed by atoms with E-state index in [0.717, 1.165) is 11.3 Å². The van der Waals surface area contributed by atoms with Crippen LogP contribution in [0, 0.1) is 0 Å². The molecule has 1 aromatic heterocycles. The molecule has 0 aliphatic carbocycles. The zero-order valence-corrected chi connectivity index (χ0v) is 16.8. The Hall–Kier alpha value is -3.03. The van der Waals surface area contributed by atoms with E-state index in [1.54, 1.807) is 31.5 Å². The van der Waals surface area contributed by atoms with Crippen molar-refractivity contribution in [1.29, 1.82) is 0 Å². The Bertz CT molecular complexity index is 1100. The van der Waals surface area contributed by atoms with Gasteiger partial charge in [-0.05, 0) is 29.8 Å². The van der Waals surface area contributed by atoms with E-state index in [2.05, 4.69) is 15.7 Å². The Labute approximate surface area is 176 Å². The van der Waals surface area contributed by atoms with Gasteiger partial charge in [-0.1, -0.05) is 41.4 Å². The summed E-state index contributed by atoms with van der Waals surface area (Å²) in [5.41, 5.74) is 1.92. The number of rotatable bonds is 4. The Morgan fingerprint density at radius 3 is 2.72 bits per heavy atom. The van der Waals surface area contributed by atoms with Gasteiger partial charge in [0, 0.05) is 5.56 Å². The van der Waals surface area contributed by atoms with Gasteiger partial charge in [0.2, 0.25) is 11.8 Å². The molecule has 0 spiro atoms. The topological polar surface area (TPSA) is 85.2 Å². The van der Waals surface area contributed by atoms with Gasteiger partial charge in [-0.2, -0.15) is 5.10 Å². The summed E-state index contributed by atoms with van der Waals surface area (Å²) in [6.07, 6.45) is 1.58. The first-order valence-electron chi connectivity index (χ1n) is 8.74. The van der Waals surface area contributed by atoms with Crippen molar-refractivity contribution in [3.05, 3.63) is 58.7 Å². The molecular formula is C20H16Cl2N4O3. The fourth-order valence-electron chi connectivity index (χ4n) is 3.17. The first-order valence-corrected chi connectivity index (χ1v) is 9.50. The second-order valence-electron chi connectivity index (χ2n) is 6.44. The van der Waals surface area contributed by atoms with E-state index < -0.39 is 11.9 Å². The smallest absolute Gasteiger partial charge is 0.249 e. The Morgan fingerprint density at radius 1 is 1.24 bits per heavy atom. The Kier molecular flexibility index (Phi) is 5.17. The Morgan fingerprint density at radius 2 is 2.00 bits per heavy atom. The predicted octanol–water partition coefficient (Wildman–Crippen LogP) is 4.39. The number of benzene rings is 2. The number of fused-ring (bicyclic) bond motifs is 1. The second kappa shape index (κ2) is 7.77. The number of methoxy groups -OCH3 is 1. The van der Waals surface area contributed by atoms with Crippen LogP contribution in [0.25, 0.3) is 11.1 Å². The lowest BCUT2D eigenvalue weighted by atomic mass is 10.1. The number of aromatic nitrogens is 2. The highest BCUT2D eigenvalue weighted by Crippen LogP contribution is 2.36. The number of ether oxygens (including phenoxy) is 1. The number of amides is 2. The number of nitrogens with one attached hydrogen (secondary N) is 2. The van der Waals surface area contributed by atoms with Crippen LogP contribution in [0.15, 0.2) is 48.7 Å². The molecule has 1 aliphatic rings. The minimum atomic E-state index is -0.819. The normalized spacial score (nSPS) is 15.4. The monoisotopic (exact) mass is 430 g/mol. The molecule has 148 valence electrons. The van der Waals surface area contributed by atoms with Crippen LogP contribution in [-0.2, 0) is 9.59 Å². The number of halogens is 2. The van der Waals surface area contributed by atoms with E-state index in [0.29, 0.717) is 22.1 Å². The third-order valence-corrected chi connectivity index (χ3v) is 5.46. The summed E-state index contributed by atoms with van der Waals surface area (Å²) in [4.78, 5) is 25.2. The van der Waals surface area contributed by atoms with Crippen LogP contribution < -0.4 is 15.4 Å². The number of carbonyl (C=O) groups excluding carboxylic acids is 2. The van der Waals surface area contributed by atoms with E-state index in [9.17, 15) is 9.59 Å². The van der Waals surface area contributed by atoms with E-state index in [-0.39, 0.29) is 17.4 Å². The van der Waals surface area contributed by atoms with E-state index >= 15 is 0 Å². The molecule has 0 fully saturated rings. The van der Waals surface area contributed by atoms with Crippen molar-refractivity contribution in [3.63, 3.8) is 0 Å². The molecule has 0 saturated heterocycles. The van der Waals surface area contributed by atoms with Gasteiger partial charge in [0.1, 0.15) is 17.6 Å². The van der Waals surface area contributed by atoms with Crippen molar-refractivity contribution < 1.29 is 14.3 Å². The molecule has 2 heterocycles. The van der Waals surface area contributed by atoms with E-state index in [1.807, 2.05) is 24.3 Å². The third-order valence-electron chi connectivity index (χ3n) is 4.64. The molecule has 1 atom stereocenters. The van der Waals surface area contributed by atoms with Gasteiger partial charge in [0.25, 0.3) is 0 Å². The lowest BCUT2D eigenvalue weighted by molar-refractivity contribution is -0.125. The molecule has 0 radical (unpaired) electrons. The lowest BCUT2D eigenvalue weighted by Gasteiger charge is -2.24. The van der Waals surface area contributed by atoms with Gasteiger partial charge in [-0.3, -0.25) is 9.59 Å². The fraction of sp³-hybridized carbons (Fsp3) is 0.150. The minimum absolute atomic E-state index is 0.0409. The second-order valence-corrected chi connectivity index (χ2v) is 7.22. The highest BCUT2D eigenvalue weighted by atomic mass is 35.5. The SMILES string of the molecule is COc1ccc(-c2cnn3c2NC(=O)CC3C(=O)Nc2cccc(Cl)c2Cl)cc1. The van der Waals surface area contributed by atoms with E-state index in [4.69, 9.17) is 27.9 Å². The van der Waals surface area contributed by atoms with Crippen LogP contribution in [0.3, 0.4) is 0 Å². The fourth-order valence-corrected chi connectivity index (χ4v) is 3.52. The largest absolute Gasteiger partial charge is 0.497 e. The van der Waals surface area contributed by atoms with Crippen molar-refractivity contribution in [1.82, 2.24) is 9.78 Å². The highest BCUT2D eigenvalue weighted by Gasteiger charge is 2.33.